The Balaban J connectivity index is 2.03. The van der Waals surface area contributed by atoms with E-state index in [1.807, 2.05) is 12.1 Å². The van der Waals surface area contributed by atoms with Crippen molar-refractivity contribution >= 4 is 34.8 Å². The lowest BCUT2D eigenvalue weighted by molar-refractivity contribution is 0.363. The lowest BCUT2D eigenvalue weighted by Gasteiger charge is -2.26. The molecule has 0 saturated heterocycles. The topological polar surface area (TPSA) is 12.0 Å². The van der Waals surface area contributed by atoms with Crippen molar-refractivity contribution in [3.63, 3.8) is 0 Å². The molecule has 1 fully saturated rings. The van der Waals surface area contributed by atoms with Gasteiger partial charge in [-0.2, -0.15) is 0 Å². The average Bonchev–Trinajstić information content (AvgIpc) is 2.39. The molecule has 0 spiro atoms. The van der Waals surface area contributed by atoms with Gasteiger partial charge in [0.25, 0.3) is 0 Å². The average molecular weight is 335 g/mol. The quantitative estimate of drug-likeness (QED) is 0.630. The largest absolute Gasteiger partial charge is 0.307 e. The first-order chi connectivity index (χ1) is 9.59. The van der Waals surface area contributed by atoms with Gasteiger partial charge in [-0.1, -0.05) is 73.0 Å². The van der Waals surface area contributed by atoms with Gasteiger partial charge in [-0.15, -0.1) is 0 Å². The van der Waals surface area contributed by atoms with Gasteiger partial charge in [0, 0.05) is 12.1 Å². The normalized spacial score (nSPS) is 19.4. The summed E-state index contributed by atoms with van der Waals surface area (Å²) in [7, 11) is 0. The highest BCUT2D eigenvalue weighted by atomic mass is 35.5. The van der Waals surface area contributed by atoms with Crippen LogP contribution in [-0.2, 0) is 0 Å². The molecule has 0 radical (unpaired) electrons. The van der Waals surface area contributed by atoms with E-state index in [4.69, 9.17) is 34.8 Å². The predicted octanol–water partition coefficient (Wildman–Crippen LogP) is 6.41. The SMILES string of the molecule is CC(NC1CCCCCCC1)c1ccc(Cl)c(Cl)c1Cl. The monoisotopic (exact) mass is 333 g/mol. The maximum absolute atomic E-state index is 6.31. The molecule has 0 aromatic heterocycles. The molecule has 1 nitrogen and oxygen atoms in total. The van der Waals surface area contributed by atoms with Crippen LogP contribution in [-0.4, -0.2) is 6.04 Å². The zero-order chi connectivity index (χ0) is 14.5. The Labute approximate surface area is 137 Å². The minimum atomic E-state index is 0.196. The molecule has 0 bridgehead atoms. The second-order valence-electron chi connectivity index (χ2n) is 5.69. The maximum atomic E-state index is 6.31. The summed E-state index contributed by atoms with van der Waals surface area (Å²) in [5.74, 6) is 0. The summed E-state index contributed by atoms with van der Waals surface area (Å²) < 4.78 is 0. The molecule has 1 aliphatic rings. The molecule has 0 amide bonds. The fraction of sp³-hybridized carbons (Fsp3) is 0.625. The van der Waals surface area contributed by atoms with Crippen LogP contribution in [0.5, 0.6) is 0 Å². The van der Waals surface area contributed by atoms with Crippen molar-refractivity contribution in [2.75, 3.05) is 0 Å². The maximum Gasteiger partial charge on any atom is 0.0781 e. The van der Waals surface area contributed by atoms with Gasteiger partial charge >= 0.3 is 0 Å². The van der Waals surface area contributed by atoms with Crippen molar-refractivity contribution in [3.8, 4) is 0 Å². The fourth-order valence-corrected chi connectivity index (χ4v) is 3.65. The summed E-state index contributed by atoms with van der Waals surface area (Å²) in [6, 6.07) is 4.57. The molecule has 112 valence electrons. The summed E-state index contributed by atoms with van der Waals surface area (Å²) >= 11 is 18.4. The number of halogens is 3. The zero-order valence-corrected chi connectivity index (χ0v) is 14.2. The van der Waals surface area contributed by atoms with Crippen LogP contribution < -0.4 is 5.32 Å². The van der Waals surface area contributed by atoms with Gasteiger partial charge in [0.2, 0.25) is 0 Å². The van der Waals surface area contributed by atoms with Crippen molar-refractivity contribution in [2.24, 2.45) is 0 Å². The molecule has 2 rings (SSSR count). The van der Waals surface area contributed by atoms with Crippen LogP contribution in [0.1, 0.15) is 63.5 Å². The van der Waals surface area contributed by atoms with Crippen LogP contribution >= 0.6 is 34.8 Å². The first-order valence-electron chi connectivity index (χ1n) is 7.49. The third-order valence-corrected chi connectivity index (χ3v) is 5.43. The van der Waals surface area contributed by atoms with Crippen LogP contribution in [0.15, 0.2) is 12.1 Å². The van der Waals surface area contributed by atoms with Crippen molar-refractivity contribution < 1.29 is 0 Å². The highest BCUT2D eigenvalue weighted by molar-refractivity contribution is 6.48. The van der Waals surface area contributed by atoms with E-state index in [2.05, 4.69) is 12.2 Å². The molecule has 1 unspecified atom stereocenters. The highest BCUT2D eigenvalue weighted by Crippen LogP contribution is 2.35. The summed E-state index contributed by atoms with van der Waals surface area (Å²) in [6.45, 7) is 2.14. The molecule has 1 aromatic carbocycles. The van der Waals surface area contributed by atoms with Crippen LogP contribution in [0.2, 0.25) is 15.1 Å². The first-order valence-corrected chi connectivity index (χ1v) is 8.62. The fourth-order valence-electron chi connectivity index (χ4n) is 2.94. The van der Waals surface area contributed by atoms with Gasteiger partial charge < -0.3 is 5.32 Å². The Morgan fingerprint density at radius 2 is 1.55 bits per heavy atom. The summed E-state index contributed by atoms with van der Waals surface area (Å²) in [5, 5.41) is 5.25. The van der Waals surface area contributed by atoms with Gasteiger partial charge in [-0.3, -0.25) is 0 Å². The molecule has 1 atom stereocenters. The Bertz CT molecular complexity index is 440. The highest BCUT2D eigenvalue weighted by Gasteiger charge is 2.18. The van der Waals surface area contributed by atoms with E-state index in [-0.39, 0.29) is 6.04 Å². The van der Waals surface area contributed by atoms with Gasteiger partial charge in [-0.05, 0) is 31.4 Å². The van der Waals surface area contributed by atoms with Crippen molar-refractivity contribution in [1.82, 2.24) is 5.32 Å². The molecule has 1 aliphatic carbocycles. The molecule has 0 aliphatic heterocycles. The molecule has 4 heteroatoms. The lowest BCUT2D eigenvalue weighted by atomic mass is 9.95. The molecule has 1 N–H and O–H groups in total. The van der Waals surface area contributed by atoms with Crippen molar-refractivity contribution in [2.45, 2.75) is 64.0 Å². The Hall–Kier alpha value is 0.0500. The smallest absolute Gasteiger partial charge is 0.0781 e. The molecular formula is C16H22Cl3N. The number of hydrogen-bond donors (Lipinski definition) is 1. The Morgan fingerprint density at radius 1 is 0.950 bits per heavy atom. The van der Waals surface area contributed by atoms with E-state index in [1.54, 1.807) is 0 Å². The summed E-state index contributed by atoms with van der Waals surface area (Å²) in [6.07, 6.45) is 9.26. The van der Waals surface area contributed by atoms with E-state index in [0.29, 0.717) is 21.1 Å². The number of benzene rings is 1. The number of nitrogens with one attached hydrogen (secondary N) is 1. The predicted molar refractivity (Wildman–Crippen MR) is 89.1 cm³/mol. The number of rotatable bonds is 3. The third kappa shape index (κ3) is 4.27. The zero-order valence-electron chi connectivity index (χ0n) is 11.9. The number of hydrogen-bond acceptors (Lipinski definition) is 1. The van der Waals surface area contributed by atoms with Crippen molar-refractivity contribution in [1.29, 1.82) is 0 Å². The standard InChI is InChI=1S/C16H22Cl3N/c1-11(13-9-10-14(17)16(19)15(13)18)20-12-7-5-3-2-4-6-8-12/h9-12,20H,2-8H2,1H3. The van der Waals surface area contributed by atoms with E-state index in [0.717, 1.165) is 5.56 Å². The Kier molecular flexibility index (Phi) is 6.48. The van der Waals surface area contributed by atoms with Crippen LogP contribution in [0.4, 0.5) is 0 Å². The molecule has 20 heavy (non-hydrogen) atoms. The van der Waals surface area contributed by atoms with Gasteiger partial charge in [0.1, 0.15) is 0 Å². The van der Waals surface area contributed by atoms with E-state index in [1.165, 1.54) is 44.9 Å². The minimum Gasteiger partial charge on any atom is -0.307 e. The van der Waals surface area contributed by atoms with E-state index >= 15 is 0 Å². The second-order valence-corrected chi connectivity index (χ2v) is 6.86. The summed E-state index contributed by atoms with van der Waals surface area (Å²) in [5.41, 5.74) is 1.03. The molecule has 1 saturated carbocycles. The first kappa shape index (κ1) is 16.4. The lowest BCUT2D eigenvalue weighted by Crippen LogP contribution is -2.32. The Morgan fingerprint density at radius 3 is 2.20 bits per heavy atom. The van der Waals surface area contributed by atoms with E-state index in [9.17, 15) is 0 Å². The minimum absolute atomic E-state index is 0.196. The molecule has 0 heterocycles. The van der Waals surface area contributed by atoms with Gasteiger partial charge in [0.15, 0.2) is 0 Å². The molecular weight excluding hydrogens is 313 g/mol. The van der Waals surface area contributed by atoms with Crippen LogP contribution in [0, 0.1) is 0 Å². The van der Waals surface area contributed by atoms with Gasteiger partial charge in [-0.25, -0.2) is 0 Å². The van der Waals surface area contributed by atoms with Crippen LogP contribution in [0.25, 0.3) is 0 Å². The second kappa shape index (κ2) is 7.89. The summed E-state index contributed by atoms with van der Waals surface area (Å²) in [4.78, 5) is 0. The molecule has 1 aromatic rings. The van der Waals surface area contributed by atoms with Crippen LogP contribution in [0.3, 0.4) is 0 Å². The third-order valence-electron chi connectivity index (χ3n) is 4.12. The van der Waals surface area contributed by atoms with Gasteiger partial charge in [0.05, 0.1) is 15.1 Å². The van der Waals surface area contributed by atoms with Crippen molar-refractivity contribution in [3.05, 3.63) is 32.8 Å². The van der Waals surface area contributed by atoms with E-state index < -0.39 is 0 Å².